The van der Waals surface area contributed by atoms with Gasteiger partial charge < -0.3 is 15.0 Å². The van der Waals surface area contributed by atoms with Gasteiger partial charge in [-0.05, 0) is 69.0 Å². The van der Waals surface area contributed by atoms with Gasteiger partial charge in [-0.15, -0.1) is 0 Å². The Morgan fingerprint density at radius 2 is 1.92 bits per heavy atom. The number of rotatable bonds is 9. The molecule has 1 amide bonds. The van der Waals surface area contributed by atoms with Gasteiger partial charge in [0.25, 0.3) is 0 Å². The smallest absolute Gasteiger partial charge is 0.219 e. The molecular formula is C30H37N5O3. The van der Waals surface area contributed by atoms with E-state index in [0.29, 0.717) is 34.8 Å². The summed E-state index contributed by atoms with van der Waals surface area (Å²) in [6, 6.07) is 8.79. The first-order valence-electron chi connectivity index (χ1n) is 13.2. The molecule has 0 aliphatic carbocycles. The molecule has 8 heteroatoms. The van der Waals surface area contributed by atoms with E-state index in [4.69, 9.17) is 0 Å². The summed E-state index contributed by atoms with van der Waals surface area (Å²) in [6.45, 7) is 4.94. The molecule has 3 rings (SSSR count). The predicted octanol–water partition coefficient (Wildman–Crippen LogP) is 3.75. The fraction of sp³-hybridized carbons (Fsp3) is 0.433. The van der Waals surface area contributed by atoms with Crippen LogP contribution in [0, 0.1) is 11.8 Å². The number of pyridine rings is 1. The van der Waals surface area contributed by atoms with Gasteiger partial charge in [-0.2, -0.15) is 0 Å². The number of aldehydes is 2. The molecule has 1 aliphatic rings. The van der Waals surface area contributed by atoms with Crippen LogP contribution in [0.5, 0.6) is 0 Å². The van der Waals surface area contributed by atoms with Crippen molar-refractivity contribution in [3.8, 4) is 11.8 Å². The fourth-order valence-electron chi connectivity index (χ4n) is 4.41. The average molecular weight is 516 g/mol. The second-order valence-corrected chi connectivity index (χ2v) is 9.53. The van der Waals surface area contributed by atoms with Gasteiger partial charge in [0.05, 0.1) is 17.3 Å². The monoisotopic (exact) mass is 515 g/mol. The highest BCUT2D eigenvalue weighted by atomic mass is 16.1. The van der Waals surface area contributed by atoms with Crippen molar-refractivity contribution in [3.05, 3.63) is 58.9 Å². The molecule has 1 atom stereocenters. The summed E-state index contributed by atoms with van der Waals surface area (Å²) in [4.78, 5) is 48.5. The molecular weight excluding hydrogens is 478 g/mol. The van der Waals surface area contributed by atoms with Gasteiger partial charge in [0, 0.05) is 38.8 Å². The SMILES string of the molecule is CNC(=O)CCC(C=O)N(C)C(C)=Nc1cccc(C#Cc2ccc(CN3CCCCCC3)cn2)c1C=O. The van der Waals surface area contributed by atoms with Gasteiger partial charge in [0.1, 0.15) is 17.8 Å². The third-order valence-corrected chi connectivity index (χ3v) is 6.85. The Labute approximate surface area is 225 Å². The van der Waals surface area contributed by atoms with E-state index in [2.05, 4.69) is 38.1 Å². The van der Waals surface area contributed by atoms with Crippen LogP contribution in [-0.4, -0.2) is 72.3 Å². The number of carbonyl (C=O) groups is 3. The van der Waals surface area contributed by atoms with E-state index in [1.165, 1.54) is 31.2 Å². The fourth-order valence-corrected chi connectivity index (χ4v) is 4.41. The quantitative estimate of drug-likeness (QED) is 0.237. The average Bonchev–Trinajstić information content (AvgIpc) is 3.21. The number of hydrogen-bond donors (Lipinski definition) is 1. The van der Waals surface area contributed by atoms with Crippen LogP contribution in [0.3, 0.4) is 0 Å². The molecule has 0 bridgehead atoms. The molecule has 0 spiro atoms. The molecule has 0 saturated carbocycles. The zero-order chi connectivity index (χ0) is 27.3. The molecule has 1 N–H and O–H groups in total. The number of aromatic nitrogens is 1. The van der Waals surface area contributed by atoms with Crippen LogP contribution in [0.15, 0.2) is 41.5 Å². The summed E-state index contributed by atoms with van der Waals surface area (Å²) in [6.07, 6.45) is 9.16. The summed E-state index contributed by atoms with van der Waals surface area (Å²) >= 11 is 0. The van der Waals surface area contributed by atoms with E-state index in [1.54, 1.807) is 44.1 Å². The minimum atomic E-state index is -0.507. The lowest BCUT2D eigenvalue weighted by Crippen LogP contribution is -2.37. The molecule has 1 aromatic heterocycles. The molecule has 1 aromatic carbocycles. The number of amidine groups is 1. The molecule has 38 heavy (non-hydrogen) atoms. The number of amides is 1. The molecule has 200 valence electrons. The molecule has 2 aromatic rings. The molecule has 8 nitrogen and oxygen atoms in total. The largest absolute Gasteiger partial charge is 0.359 e. The van der Waals surface area contributed by atoms with Crippen molar-refractivity contribution in [2.45, 2.75) is 58.0 Å². The first-order valence-corrected chi connectivity index (χ1v) is 13.2. The molecule has 1 aliphatic heterocycles. The third-order valence-electron chi connectivity index (χ3n) is 6.85. The van der Waals surface area contributed by atoms with Crippen molar-refractivity contribution in [1.29, 1.82) is 0 Å². The van der Waals surface area contributed by atoms with Crippen LogP contribution in [0.1, 0.15) is 72.6 Å². The second kappa shape index (κ2) is 14.8. The highest BCUT2D eigenvalue weighted by molar-refractivity contribution is 5.91. The summed E-state index contributed by atoms with van der Waals surface area (Å²) in [5, 5.41) is 2.56. The number of aliphatic imine (C=N–C) groups is 1. The van der Waals surface area contributed by atoms with E-state index >= 15 is 0 Å². The summed E-state index contributed by atoms with van der Waals surface area (Å²) in [7, 11) is 3.31. The zero-order valence-corrected chi connectivity index (χ0v) is 22.6. The first-order chi connectivity index (χ1) is 18.4. The van der Waals surface area contributed by atoms with Crippen molar-refractivity contribution in [2.24, 2.45) is 4.99 Å². The van der Waals surface area contributed by atoms with Crippen LogP contribution in [0.4, 0.5) is 5.69 Å². The number of likely N-dealkylation sites (N-methyl/N-ethyl adjacent to an activating group) is 1. The lowest BCUT2D eigenvalue weighted by molar-refractivity contribution is -0.121. The normalized spacial score (nSPS) is 15.0. The number of carbonyl (C=O) groups excluding carboxylic acids is 3. The maximum Gasteiger partial charge on any atom is 0.219 e. The zero-order valence-electron chi connectivity index (χ0n) is 22.6. The van der Waals surface area contributed by atoms with Crippen molar-refractivity contribution in [1.82, 2.24) is 20.1 Å². The molecule has 1 fully saturated rings. The van der Waals surface area contributed by atoms with E-state index in [0.717, 1.165) is 32.2 Å². The Balaban J connectivity index is 1.73. The topological polar surface area (TPSA) is 95.0 Å². The van der Waals surface area contributed by atoms with Gasteiger partial charge in [-0.3, -0.25) is 14.5 Å². The van der Waals surface area contributed by atoms with Crippen molar-refractivity contribution in [2.75, 3.05) is 27.2 Å². The van der Waals surface area contributed by atoms with Crippen LogP contribution >= 0.6 is 0 Å². The molecule has 2 heterocycles. The van der Waals surface area contributed by atoms with Gasteiger partial charge in [-0.1, -0.05) is 30.9 Å². The van der Waals surface area contributed by atoms with Crippen molar-refractivity contribution < 1.29 is 14.4 Å². The van der Waals surface area contributed by atoms with Crippen LogP contribution in [0.2, 0.25) is 0 Å². The Morgan fingerprint density at radius 3 is 2.55 bits per heavy atom. The van der Waals surface area contributed by atoms with Crippen LogP contribution < -0.4 is 5.32 Å². The minimum Gasteiger partial charge on any atom is -0.359 e. The van der Waals surface area contributed by atoms with Crippen molar-refractivity contribution >= 4 is 30.0 Å². The van der Waals surface area contributed by atoms with Crippen LogP contribution in [-0.2, 0) is 16.1 Å². The number of nitrogens with zero attached hydrogens (tertiary/aromatic N) is 4. The third kappa shape index (κ3) is 8.35. The van der Waals surface area contributed by atoms with E-state index in [1.807, 2.05) is 12.3 Å². The lowest BCUT2D eigenvalue weighted by atomic mass is 10.1. The molecule has 1 unspecified atom stereocenters. The number of likely N-dealkylation sites (tertiary alicyclic amines) is 1. The maximum absolute atomic E-state index is 12.0. The molecule has 0 radical (unpaired) electrons. The Kier molecular flexibility index (Phi) is 11.2. The standard InChI is InChI=1S/C30H37N5O3/c1-23(34(3)27(21-36)15-16-30(38)31-2)33-29-10-8-9-25(28(29)22-37)12-14-26-13-11-24(19-32-26)20-35-17-6-4-5-7-18-35/h8-11,13,19,21-22,27H,4-7,15-18,20H2,1-3H3,(H,31,38). The van der Waals surface area contributed by atoms with Gasteiger partial charge in [-0.25, -0.2) is 9.98 Å². The summed E-state index contributed by atoms with van der Waals surface area (Å²) in [5.74, 6) is 6.55. The lowest BCUT2D eigenvalue weighted by Gasteiger charge is -2.25. The number of hydrogen-bond acceptors (Lipinski definition) is 6. The van der Waals surface area contributed by atoms with E-state index in [9.17, 15) is 14.4 Å². The molecule has 1 saturated heterocycles. The van der Waals surface area contributed by atoms with Gasteiger partial charge in [0.2, 0.25) is 5.91 Å². The number of benzene rings is 1. The predicted molar refractivity (Wildman–Crippen MR) is 149 cm³/mol. The minimum absolute atomic E-state index is 0.129. The van der Waals surface area contributed by atoms with Crippen molar-refractivity contribution in [3.63, 3.8) is 0 Å². The highest BCUT2D eigenvalue weighted by Gasteiger charge is 2.17. The van der Waals surface area contributed by atoms with Gasteiger partial charge >= 0.3 is 0 Å². The number of nitrogens with one attached hydrogen (secondary N) is 1. The Morgan fingerprint density at radius 1 is 1.16 bits per heavy atom. The van der Waals surface area contributed by atoms with E-state index < -0.39 is 6.04 Å². The highest BCUT2D eigenvalue weighted by Crippen LogP contribution is 2.22. The maximum atomic E-state index is 12.0. The van der Waals surface area contributed by atoms with Crippen LogP contribution in [0.25, 0.3) is 0 Å². The Bertz CT molecular complexity index is 1190. The summed E-state index contributed by atoms with van der Waals surface area (Å²) < 4.78 is 0. The Hall–Kier alpha value is -3.83. The van der Waals surface area contributed by atoms with Gasteiger partial charge in [0.15, 0.2) is 6.29 Å². The second-order valence-electron chi connectivity index (χ2n) is 9.53. The van der Waals surface area contributed by atoms with E-state index in [-0.39, 0.29) is 12.3 Å². The summed E-state index contributed by atoms with van der Waals surface area (Å²) in [5.41, 5.74) is 3.20. The first kappa shape index (κ1) is 28.7.